The summed E-state index contributed by atoms with van der Waals surface area (Å²) in [5, 5.41) is 9.54. The summed E-state index contributed by atoms with van der Waals surface area (Å²) in [5.74, 6) is 0.424. The Morgan fingerprint density at radius 2 is 2.00 bits per heavy atom. The van der Waals surface area contributed by atoms with Crippen molar-refractivity contribution in [3.05, 3.63) is 60.1 Å². The van der Waals surface area contributed by atoms with Gasteiger partial charge in [0.25, 0.3) is 10.0 Å². The van der Waals surface area contributed by atoms with E-state index < -0.39 is 10.0 Å². The van der Waals surface area contributed by atoms with Crippen LogP contribution < -0.4 is 4.72 Å². The number of aromatic nitrogens is 5. The van der Waals surface area contributed by atoms with Crippen molar-refractivity contribution in [3.8, 4) is 5.82 Å². The highest BCUT2D eigenvalue weighted by atomic mass is 35.5. The number of hydrogen-bond donors (Lipinski definition) is 1. The molecule has 4 rings (SSSR count). The maximum atomic E-state index is 12.7. The van der Waals surface area contributed by atoms with Gasteiger partial charge in [-0.1, -0.05) is 23.7 Å². The van der Waals surface area contributed by atoms with Crippen molar-refractivity contribution < 1.29 is 8.42 Å². The minimum atomic E-state index is -3.83. The molecule has 0 bridgehead atoms. The van der Waals surface area contributed by atoms with Gasteiger partial charge in [0, 0.05) is 29.7 Å². The number of anilines is 1. The second kappa shape index (κ2) is 6.11. The van der Waals surface area contributed by atoms with Crippen LogP contribution in [0.1, 0.15) is 0 Å². The topological polar surface area (TPSA) is 94.7 Å². The van der Waals surface area contributed by atoms with Gasteiger partial charge in [0.1, 0.15) is 4.90 Å². The summed E-state index contributed by atoms with van der Waals surface area (Å²) in [5.41, 5.74) is 1.14. The van der Waals surface area contributed by atoms with E-state index in [0.29, 0.717) is 22.0 Å². The van der Waals surface area contributed by atoms with Crippen molar-refractivity contribution in [1.82, 2.24) is 24.5 Å². The predicted octanol–water partition coefficient (Wildman–Crippen LogP) is 2.61. The highest BCUT2D eigenvalue weighted by Crippen LogP contribution is 2.25. The molecule has 0 spiro atoms. The molecule has 4 aromatic rings. The molecule has 3 heterocycles. The highest BCUT2D eigenvalue weighted by Gasteiger charge is 2.19. The number of nitrogens with one attached hydrogen (secondary N) is 1. The van der Waals surface area contributed by atoms with Gasteiger partial charge >= 0.3 is 0 Å². The zero-order chi connectivity index (χ0) is 18.3. The predicted molar refractivity (Wildman–Crippen MR) is 97.9 cm³/mol. The molecule has 8 nitrogen and oxygen atoms in total. The third kappa shape index (κ3) is 2.91. The van der Waals surface area contributed by atoms with Crippen LogP contribution in [0.2, 0.25) is 5.02 Å². The Hall–Kier alpha value is -2.91. The number of rotatable bonds is 4. The molecule has 0 aliphatic rings. The normalized spacial score (nSPS) is 11.8. The van der Waals surface area contributed by atoms with E-state index >= 15 is 0 Å². The summed E-state index contributed by atoms with van der Waals surface area (Å²) in [7, 11) is -2.08. The first-order chi connectivity index (χ1) is 12.4. The summed E-state index contributed by atoms with van der Waals surface area (Å²) >= 11 is 5.94. The molecule has 0 saturated carbocycles. The number of hydrogen-bond acceptors (Lipinski definition) is 5. The summed E-state index contributed by atoms with van der Waals surface area (Å²) in [6.45, 7) is 0. The van der Waals surface area contributed by atoms with Gasteiger partial charge in [-0.2, -0.15) is 10.2 Å². The Balaban J connectivity index is 1.70. The lowest BCUT2D eigenvalue weighted by atomic mass is 10.2. The van der Waals surface area contributed by atoms with Crippen LogP contribution in [-0.2, 0) is 17.1 Å². The summed E-state index contributed by atoms with van der Waals surface area (Å²) in [6.07, 6.45) is 5.84. The van der Waals surface area contributed by atoms with Crippen molar-refractivity contribution >= 4 is 38.2 Å². The zero-order valence-corrected chi connectivity index (χ0v) is 15.1. The molecule has 0 aliphatic heterocycles. The Bertz CT molecular complexity index is 1210. The number of pyridine rings is 1. The molecule has 0 radical (unpaired) electrons. The molecule has 26 heavy (non-hydrogen) atoms. The lowest BCUT2D eigenvalue weighted by Gasteiger charge is -2.08. The first kappa shape index (κ1) is 16.6. The number of nitrogens with zero attached hydrogens (tertiary/aromatic N) is 5. The van der Waals surface area contributed by atoms with E-state index in [2.05, 4.69) is 19.9 Å². The zero-order valence-electron chi connectivity index (χ0n) is 13.5. The average molecular weight is 389 g/mol. The van der Waals surface area contributed by atoms with E-state index in [0.717, 1.165) is 5.39 Å². The standard InChI is InChI=1S/C16H13ClN6O2S/c1-22-16-11(8-19-22)3-2-4-14(16)21-26(24,25)13-9-20-23(10-13)15-7-12(17)5-6-18-15/h2-10,21H,1H3. The van der Waals surface area contributed by atoms with Crippen LogP contribution >= 0.6 is 11.6 Å². The van der Waals surface area contributed by atoms with E-state index in [-0.39, 0.29) is 4.90 Å². The van der Waals surface area contributed by atoms with Crippen LogP contribution in [0.15, 0.2) is 60.0 Å². The van der Waals surface area contributed by atoms with Crippen molar-refractivity contribution in [3.63, 3.8) is 0 Å². The Kier molecular flexibility index (Phi) is 3.89. The van der Waals surface area contributed by atoms with Gasteiger partial charge in [-0.3, -0.25) is 9.40 Å². The van der Waals surface area contributed by atoms with Crippen LogP contribution in [0.25, 0.3) is 16.7 Å². The largest absolute Gasteiger partial charge is 0.277 e. The second-order valence-corrected chi connectivity index (χ2v) is 7.69. The van der Waals surface area contributed by atoms with Gasteiger partial charge in [-0.15, -0.1) is 0 Å². The molecule has 1 N–H and O–H groups in total. The summed E-state index contributed by atoms with van der Waals surface area (Å²) < 4.78 is 31.1. The van der Waals surface area contributed by atoms with Crippen LogP contribution in [0.5, 0.6) is 0 Å². The maximum absolute atomic E-state index is 12.7. The fraction of sp³-hybridized carbons (Fsp3) is 0.0625. The molecule has 10 heteroatoms. The minimum absolute atomic E-state index is 0.0125. The lowest BCUT2D eigenvalue weighted by molar-refractivity contribution is 0.601. The lowest BCUT2D eigenvalue weighted by Crippen LogP contribution is -2.13. The van der Waals surface area contributed by atoms with Crippen molar-refractivity contribution in [2.75, 3.05) is 4.72 Å². The molecule has 0 amide bonds. The van der Waals surface area contributed by atoms with Crippen molar-refractivity contribution in [2.45, 2.75) is 4.90 Å². The van der Waals surface area contributed by atoms with Crippen LogP contribution in [0, 0.1) is 0 Å². The Morgan fingerprint density at radius 3 is 2.81 bits per heavy atom. The van der Waals surface area contributed by atoms with Crippen LogP contribution in [0.4, 0.5) is 5.69 Å². The number of halogens is 1. The number of para-hydroxylation sites is 1. The SMILES string of the molecule is Cn1ncc2cccc(NS(=O)(=O)c3cnn(-c4cc(Cl)ccn4)c3)c21. The second-order valence-electron chi connectivity index (χ2n) is 5.57. The van der Waals surface area contributed by atoms with E-state index in [1.165, 1.54) is 23.3 Å². The summed E-state index contributed by atoms with van der Waals surface area (Å²) in [6, 6.07) is 8.53. The fourth-order valence-corrected chi connectivity index (χ4v) is 3.76. The molecule has 0 fully saturated rings. The molecule has 0 saturated heterocycles. The summed E-state index contributed by atoms with van der Waals surface area (Å²) in [4.78, 5) is 4.14. The number of benzene rings is 1. The van der Waals surface area contributed by atoms with Crippen molar-refractivity contribution in [2.24, 2.45) is 7.05 Å². The average Bonchev–Trinajstić information content (AvgIpc) is 3.23. The molecule has 0 atom stereocenters. The smallest absolute Gasteiger partial charge is 0.265 e. The first-order valence-corrected chi connectivity index (χ1v) is 9.40. The molecule has 132 valence electrons. The number of fused-ring (bicyclic) bond motifs is 1. The molecular formula is C16H13ClN6O2S. The first-order valence-electron chi connectivity index (χ1n) is 7.54. The van der Waals surface area contributed by atoms with E-state index in [1.54, 1.807) is 42.2 Å². The van der Waals surface area contributed by atoms with Gasteiger partial charge in [0.15, 0.2) is 5.82 Å². The molecule has 0 aliphatic carbocycles. The molecule has 1 aromatic carbocycles. The molecule has 0 unspecified atom stereocenters. The fourth-order valence-electron chi connectivity index (χ4n) is 2.61. The highest BCUT2D eigenvalue weighted by molar-refractivity contribution is 7.92. The molecular weight excluding hydrogens is 376 g/mol. The Labute approximate surface area is 154 Å². The molecule has 3 aromatic heterocycles. The number of sulfonamides is 1. The quantitative estimate of drug-likeness (QED) is 0.579. The van der Waals surface area contributed by atoms with Crippen molar-refractivity contribution in [1.29, 1.82) is 0 Å². The van der Waals surface area contributed by atoms with Crippen LogP contribution in [0.3, 0.4) is 0 Å². The van der Waals surface area contributed by atoms with Gasteiger partial charge in [0.2, 0.25) is 0 Å². The number of aryl methyl sites for hydroxylation is 1. The van der Waals surface area contributed by atoms with Gasteiger partial charge < -0.3 is 0 Å². The van der Waals surface area contributed by atoms with E-state index in [4.69, 9.17) is 11.6 Å². The maximum Gasteiger partial charge on any atom is 0.265 e. The van der Waals surface area contributed by atoms with Gasteiger partial charge in [-0.05, 0) is 12.1 Å². The minimum Gasteiger partial charge on any atom is -0.277 e. The third-order valence-electron chi connectivity index (χ3n) is 3.82. The monoisotopic (exact) mass is 388 g/mol. The van der Waals surface area contributed by atoms with Gasteiger partial charge in [0.05, 0.1) is 29.8 Å². The van der Waals surface area contributed by atoms with E-state index in [9.17, 15) is 8.42 Å². The third-order valence-corrected chi connectivity index (χ3v) is 5.37. The van der Waals surface area contributed by atoms with Crippen LogP contribution in [-0.4, -0.2) is 33.0 Å². The van der Waals surface area contributed by atoms with E-state index in [1.807, 2.05) is 6.07 Å². The Morgan fingerprint density at radius 1 is 1.15 bits per heavy atom. The van der Waals surface area contributed by atoms with Gasteiger partial charge in [-0.25, -0.2) is 18.1 Å².